The minimum atomic E-state index is 0.783. The normalized spacial score (nSPS) is 11.4. The first-order valence-electron chi connectivity index (χ1n) is 5.61. The number of aromatic nitrogens is 1. The van der Waals surface area contributed by atoms with Gasteiger partial charge in [0, 0.05) is 9.86 Å². The van der Waals surface area contributed by atoms with E-state index in [-0.39, 0.29) is 0 Å². The molecule has 3 heteroatoms. The summed E-state index contributed by atoms with van der Waals surface area (Å²) in [5, 5.41) is 5.04. The van der Waals surface area contributed by atoms with Crippen molar-refractivity contribution in [1.29, 1.82) is 0 Å². The second-order valence-electron chi connectivity index (χ2n) is 3.95. The molecule has 0 atom stereocenters. The molecule has 0 bridgehead atoms. The summed E-state index contributed by atoms with van der Waals surface area (Å²) in [6.07, 6.45) is 3.95. The number of hydrogen-bond acceptors (Lipinski definition) is 2. The lowest BCUT2D eigenvalue weighted by atomic mass is 10.1. The summed E-state index contributed by atoms with van der Waals surface area (Å²) < 4.78 is 6.38. The van der Waals surface area contributed by atoms with Crippen LogP contribution in [0.25, 0.3) is 23.1 Å². The summed E-state index contributed by atoms with van der Waals surface area (Å²) >= 11 is 3.45. The molecule has 0 radical (unpaired) electrons. The van der Waals surface area contributed by atoms with E-state index in [1.54, 1.807) is 0 Å². The second-order valence-corrected chi connectivity index (χ2v) is 4.87. The van der Waals surface area contributed by atoms with Crippen LogP contribution >= 0.6 is 15.9 Å². The Labute approximate surface area is 113 Å². The van der Waals surface area contributed by atoms with Gasteiger partial charge >= 0.3 is 0 Å². The Bertz CT molecular complexity index is 715. The minimum absolute atomic E-state index is 0.783. The van der Waals surface area contributed by atoms with Crippen LogP contribution in [0.4, 0.5) is 0 Å². The lowest BCUT2D eigenvalue weighted by Gasteiger charge is -1.93. The minimum Gasteiger partial charge on any atom is -0.356 e. The molecule has 1 aromatic heterocycles. The van der Waals surface area contributed by atoms with E-state index in [9.17, 15) is 0 Å². The van der Waals surface area contributed by atoms with Gasteiger partial charge in [0.2, 0.25) is 0 Å². The van der Waals surface area contributed by atoms with E-state index in [1.165, 1.54) is 0 Å². The second kappa shape index (κ2) is 4.78. The van der Waals surface area contributed by atoms with E-state index in [0.29, 0.717) is 0 Å². The molecule has 2 aromatic carbocycles. The Morgan fingerprint density at radius 2 is 1.89 bits per heavy atom. The Kier molecular flexibility index (Phi) is 2.99. The van der Waals surface area contributed by atoms with Crippen LogP contribution in [0.2, 0.25) is 0 Å². The van der Waals surface area contributed by atoms with Crippen molar-refractivity contribution in [3.05, 3.63) is 64.3 Å². The number of hydrogen-bond donors (Lipinski definition) is 0. The first-order valence-corrected chi connectivity index (χ1v) is 6.40. The Morgan fingerprint density at radius 1 is 1.00 bits per heavy atom. The molecule has 0 N–H and O–H groups in total. The summed E-state index contributed by atoms with van der Waals surface area (Å²) in [7, 11) is 0. The molecule has 0 spiro atoms. The fourth-order valence-corrected chi connectivity index (χ4v) is 2.23. The molecule has 0 amide bonds. The van der Waals surface area contributed by atoms with Crippen LogP contribution in [-0.2, 0) is 0 Å². The van der Waals surface area contributed by atoms with Gasteiger partial charge in [-0.3, -0.25) is 0 Å². The smallest absolute Gasteiger partial charge is 0.167 e. The van der Waals surface area contributed by atoms with Crippen molar-refractivity contribution < 1.29 is 4.52 Å². The van der Waals surface area contributed by atoms with E-state index >= 15 is 0 Å². The van der Waals surface area contributed by atoms with E-state index in [4.69, 9.17) is 4.52 Å². The molecular formula is C15H10BrNO. The number of rotatable bonds is 2. The van der Waals surface area contributed by atoms with Crippen molar-refractivity contribution in [2.24, 2.45) is 0 Å². The zero-order chi connectivity index (χ0) is 12.4. The first kappa shape index (κ1) is 11.2. The molecular weight excluding hydrogens is 290 g/mol. The predicted octanol–water partition coefficient (Wildman–Crippen LogP) is 4.76. The van der Waals surface area contributed by atoms with Crippen molar-refractivity contribution >= 4 is 39.0 Å². The van der Waals surface area contributed by atoms with Crippen LogP contribution in [0.3, 0.4) is 0 Å². The molecule has 0 fully saturated rings. The summed E-state index contributed by atoms with van der Waals surface area (Å²) in [6, 6.07) is 16.0. The zero-order valence-corrected chi connectivity index (χ0v) is 11.1. The third-order valence-electron chi connectivity index (χ3n) is 2.69. The third kappa shape index (κ3) is 2.22. The standard InChI is InChI=1S/C15H10BrNO/c16-12-5-3-4-11(10-12)8-9-15-13-6-1-2-7-14(13)17-18-15/h1-10H/b9-8+. The molecule has 0 aliphatic carbocycles. The van der Waals surface area contributed by atoms with Crippen molar-refractivity contribution in [1.82, 2.24) is 5.16 Å². The molecule has 1 heterocycles. The highest BCUT2D eigenvalue weighted by molar-refractivity contribution is 9.10. The first-order chi connectivity index (χ1) is 8.83. The summed E-state index contributed by atoms with van der Waals surface area (Å²) in [5.41, 5.74) is 2.00. The molecule has 2 nitrogen and oxygen atoms in total. The molecule has 88 valence electrons. The highest BCUT2D eigenvalue weighted by Crippen LogP contribution is 2.20. The van der Waals surface area contributed by atoms with Crippen LogP contribution in [-0.4, -0.2) is 5.16 Å². The largest absolute Gasteiger partial charge is 0.356 e. The fourth-order valence-electron chi connectivity index (χ4n) is 1.81. The van der Waals surface area contributed by atoms with Gasteiger partial charge in [-0.25, -0.2) is 0 Å². The average Bonchev–Trinajstić information content (AvgIpc) is 2.80. The highest BCUT2D eigenvalue weighted by atomic mass is 79.9. The maximum atomic E-state index is 5.32. The number of halogens is 1. The van der Waals surface area contributed by atoms with Gasteiger partial charge in [-0.15, -0.1) is 0 Å². The molecule has 0 aliphatic rings. The quantitative estimate of drug-likeness (QED) is 0.682. The maximum Gasteiger partial charge on any atom is 0.167 e. The third-order valence-corrected chi connectivity index (χ3v) is 3.18. The Morgan fingerprint density at radius 3 is 2.78 bits per heavy atom. The topological polar surface area (TPSA) is 26.0 Å². The van der Waals surface area contributed by atoms with Crippen molar-refractivity contribution in [3.8, 4) is 0 Å². The van der Waals surface area contributed by atoms with Gasteiger partial charge in [0.25, 0.3) is 0 Å². The average molecular weight is 300 g/mol. The van der Waals surface area contributed by atoms with Crippen molar-refractivity contribution in [2.75, 3.05) is 0 Å². The van der Waals surface area contributed by atoms with Crippen molar-refractivity contribution in [3.63, 3.8) is 0 Å². The molecule has 3 rings (SSSR count). The SMILES string of the molecule is Brc1cccc(/C=C/c2onc3ccccc23)c1. The van der Waals surface area contributed by atoms with E-state index in [1.807, 2.05) is 54.6 Å². The van der Waals surface area contributed by atoms with Gasteiger partial charge in [0.1, 0.15) is 5.52 Å². The molecule has 18 heavy (non-hydrogen) atoms. The number of benzene rings is 2. The van der Waals surface area contributed by atoms with Gasteiger partial charge in [0.15, 0.2) is 5.76 Å². The maximum absolute atomic E-state index is 5.32. The number of fused-ring (bicyclic) bond motifs is 1. The van der Waals surface area contributed by atoms with E-state index < -0.39 is 0 Å². The van der Waals surface area contributed by atoms with Crippen molar-refractivity contribution in [2.45, 2.75) is 0 Å². The number of nitrogens with zero attached hydrogens (tertiary/aromatic N) is 1. The molecule has 0 unspecified atom stereocenters. The molecule has 3 aromatic rings. The van der Waals surface area contributed by atoms with Crippen LogP contribution in [0.1, 0.15) is 11.3 Å². The van der Waals surface area contributed by atoms with E-state index in [0.717, 1.165) is 26.7 Å². The van der Waals surface area contributed by atoms with E-state index in [2.05, 4.69) is 27.2 Å². The molecule has 0 saturated carbocycles. The Balaban J connectivity index is 1.97. The van der Waals surface area contributed by atoms with Crippen LogP contribution in [0, 0.1) is 0 Å². The lowest BCUT2D eigenvalue weighted by molar-refractivity contribution is 0.421. The lowest BCUT2D eigenvalue weighted by Crippen LogP contribution is -1.72. The van der Waals surface area contributed by atoms with Crippen LogP contribution in [0.15, 0.2) is 57.5 Å². The summed E-state index contributed by atoms with van der Waals surface area (Å²) in [5.74, 6) is 0.783. The fraction of sp³-hybridized carbons (Fsp3) is 0. The van der Waals surface area contributed by atoms with Crippen LogP contribution < -0.4 is 0 Å². The monoisotopic (exact) mass is 299 g/mol. The highest BCUT2D eigenvalue weighted by Gasteiger charge is 2.03. The van der Waals surface area contributed by atoms with Gasteiger partial charge in [-0.05, 0) is 35.9 Å². The summed E-state index contributed by atoms with van der Waals surface area (Å²) in [6.45, 7) is 0. The van der Waals surface area contributed by atoms with Gasteiger partial charge in [-0.2, -0.15) is 0 Å². The molecule has 0 aliphatic heterocycles. The van der Waals surface area contributed by atoms with Gasteiger partial charge < -0.3 is 4.52 Å². The summed E-state index contributed by atoms with van der Waals surface area (Å²) in [4.78, 5) is 0. The predicted molar refractivity (Wildman–Crippen MR) is 77.1 cm³/mol. The zero-order valence-electron chi connectivity index (χ0n) is 9.51. The Hall–Kier alpha value is -1.87. The van der Waals surface area contributed by atoms with Gasteiger partial charge in [0.05, 0.1) is 0 Å². The molecule has 0 saturated heterocycles. The van der Waals surface area contributed by atoms with Gasteiger partial charge in [-0.1, -0.05) is 51.4 Å². The van der Waals surface area contributed by atoms with Crippen LogP contribution in [0.5, 0.6) is 0 Å².